The zero-order chi connectivity index (χ0) is 25.9. The van der Waals surface area contributed by atoms with Crippen LogP contribution in [0.25, 0.3) is 33.4 Å². The first-order valence-electron chi connectivity index (χ1n) is 11.9. The molecule has 7 heteroatoms. The maximum atomic E-state index is 12.7. The Hall–Kier alpha value is -3.80. The largest absolute Gasteiger partial charge is 0.506 e. The summed E-state index contributed by atoms with van der Waals surface area (Å²) >= 11 is 12.4. The van der Waals surface area contributed by atoms with Crippen molar-refractivity contribution < 1.29 is 14.3 Å². The SMILES string of the molecule is O=C(NCCCCc1ccccc1)c1ccc(-c2c3cc(Cl)c(=O)cc-3oc3cc(O)c(Cl)cc23)cc1. The molecule has 3 aromatic carbocycles. The van der Waals surface area contributed by atoms with Crippen LogP contribution in [0.3, 0.4) is 0 Å². The second-order valence-corrected chi connectivity index (χ2v) is 9.65. The molecule has 0 unspecified atom stereocenters. The number of aryl methyl sites for hydroxylation is 1. The Morgan fingerprint density at radius 2 is 1.65 bits per heavy atom. The minimum atomic E-state index is -0.364. The molecule has 0 fully saturated rings. The van der Waals surface area contributed by atoms with E-state index in [1.54, 1.807) is 24.3 Å². The van der Waals surface area contributed by atoms with Crippen LogP contribution in [0, 0.1) is 0 Å². The van der Waals surface area contributed by atoms with Gasteiger partial charge >= 0.3 is 0 Å². The predicted molar refractivity (Wildman–Crippen MR) is 148 cm³/mol. The van der Waals surface area contributed by atoms with Crippen LogP contribution in [-0.2, 0) is 6.42 Å². The number of hydrogen-bond acceptors (Lipinski definition) is 4. The van der Waals surface area contributed by atoms with Crippen LogP contribution < -0.4 is 10.7 Å². The standard InChI is InChI=1S/C30H23Cl2NO4/c31-23-14-21-27(16-25(23)34)37-28-17-26(35)24(32)15-22(28)29(21)19-9-11-20(12-10-19)30(36)33-13-5-4-8-18-6-2-1-3-7-18/h1-3,6-7,9-12,14-17,34H,4-5,8,13H2,(H,33,36). The summed E-state index contributed by atoms with van der Waals surface area (Å²) in [6.07, 6.45) is 2.87. The van der Waals surface area contributed by atoms with Gasteiger partial charge in [-0.2, -0.15) is 0 Å². The number of nitrogens with one attached hydrogen (secondary N) is 1. The number of hydrogen-bond donors (Lipinski definition) is 2. The second-order valence-electron chi connectivity index (χ2n) is 8.83. The molecular weight excluding hydrogens is 509 g/mol. The first-order valence-corrected chi connectivity index (χ1v) is 12.7. The summed E-state index contributed by atoms with van der Waals surface area (Å²) < 4.78 is 5.89. The molecule has 3 aromatic rings. The molecule has 1 amide bonds. The van der Waals surface area contributed by atoms with Gasteiger partial charge < -0.3 is 14.8 Å². The van der Waals surface area contributed by atoms with Crippen molar-refractivity contribution in [3.8, 4) is 28.2 Å². The maximum absolute atomic E-state index is 12.7. The van der Waals surface area contributed by atoms with Gasteiger partial charge in [-0.1, -0.05) is 65.7 Å². The van der Waals surface area contributed by atoms with E-state index in [-0.39, 0.29) is 27.1 Å². The molecule has 5 nitrogen and oxygen atoms in total. The molecule has 1 heterocycles. The van der Waals surface area contributed by atoms with Crippen LogP contribution >= 0.6 is 23.2 Å². The fraction of sp³-hybridized carbons (Fsp3) is 0.133. The van der Waals surface area contributed by atoms with Crippen molar-refractivity contribution in [3.63, 3.8) is 0 Å². The van der Waals surface area contributed by atoms with Gasteiger partial charge in [-0.25, -0.2) is 0 Å². The number of carbonyl (C=O) groups excluding carboxylic acids is 1. The molecule has 0 spiro atoms. The van der Waals surface area contributed by atoms with Crippen LogP contribution in [0.1, 0.15) is 28.8 Å². The quantitative estimate of drug-likeness (QED) is 0.170. The van der Waals surface area contributed by atoms with Crippen LogP contribution in [0.4, 0.5) is 0 Å². The number of amides is 1. The van der Waals surface area contributed by atoms with E-state index >= 15 is 0 Å². The Balaban J connectivity index is 1.38. The lowest BCUT2D eigenvalue weighted by molar-refractivity contribution is 0.0953. The third-order valence-electron chi connectivity index (χ3n) is 6.30. The van der Waals surface area contributed by atoms with Gasteiger partial charge in [0.05, 0.1) is 10.0 Å². The number of phenols is 1. The number of rotatable bonds is 7. The lowest BCUT2D eigenvalue weighted by Gasteiger charge is -2.16. The zero-order valence-corrected chi connectivity index (χ0v) is 21.3. The molecular formula is C30H23Cl2NO4. The molecule has 2 N–H and O–H groups in total. The monoisotopic (exact) mass is 531 g/mol. The third-order valence-corrected chi connectivity index (χ3v) is 6.90. The minimum absolute atomic E-state index is 0.0661. The summed E-state index contributed by atoms with van der Waals surface area (Å²) in [6.45, 7) is 0.598. The van der Waals surface area contributed by atoms with Gasteiger partial charge in [0.2, 0.25) is 5.43 Å². The molecule has 186 valence electrons. The van der Waals surface area contributed by atoms with Gasteiger partial charge in [0.15, 0.2) is 0 Å². The average Bonchev–Trinajstić information content (AvgIpc) is 2.90. The Bertz CT molecular complexity index is 1610. The van der Waals surface area contributed by atoms with Gasteiger partial charge in [-0.05, 0) is 54.7 Å². The zero-order valence-electron chi connectivity index (χ0n) is 19.8. The van der Waals surface area contributed by atoms with Crippen molar-refractivity contribution in [1.82, 2.24) is 5.32 Å². The summed E-state index contributed by atoms with van der Waals surface area (Å²) in [5.74, 6) is 0.0577. The molecule has 0 bridgehead atoms. The number of aromatic hydroxyl groups is 1. The van der Waals surface area contributed by atoms with Crippen LogP contribution in [0.5, 0.6) is 5.75 Å². The van der Waals surface area contributed by atoms with Crippen LogP contribution in [-0.4, -0.2) is 17.6 Å². The molecule has 0 radical (unpaired) electrons. The predicted octanol–water partition coefficient (Wildman–Crippen LogP) is 7.33. The Morgan fingerprint density at radius 1 is 0.892 bits per heavy atom. The molecule has 0 saturated carbocycles. The highest BCUT2D eigenvalue weighted by molar-refractivity contribution is 6.33. The molecule has 5 rings (SSSR count). The highest BCUT2D eigenvalue weighted by Crippen LogP contribution is 2.43. The van der Waals surface area contributed by atoms with Gasteiger partial charge in [0, 0.05) is 40.8 Å². The second kappa shape index (κ2) is 10.7. The van der Waals surface area contributed by atoms with E-state index in [1.807, 2.05) is 30.3 Å². The normalized spacial score (nSPS) is 11.2. The molecule has 0 aromatic heterocycles. The van der Waals surface area contributed by atoms with Crippen molar-refractivity contribution >= 4 is 40.1 Å². The molecule has 2 aliphatic rings. The first-order chi connectivity index (χ1) is 17.9. The fourth-order valence-electron chi connectivity index (χ4n) is 4.40. The lowest BCUT2D eigenvalue weighted by atomic mass is 9.93. The highest BCUT2D eigenvalue weighted by Gasteiger charge is 2.20. The van der Waals surface area contributed by atoms with Crippen molar-refractivity contribution in [2.45, 2.75) is 19.3 Å². The Labute approximate surface area is 223 Å². The first kappa shape index (κ1) is 24.9. The van der Waals surface area contributed by atoms with E-state index in [4.69, 9.17) is 27.6 Å². The van der Waals surface area contributed by atoms with Crippen molar-refractivity contribution in [2.24, 2.45) is 0 Å². The Kier molecular flexibility index (Phi) is 7.17. The lowest BCUT2D eigenvalue weighted by Crippen LogP contribution is -2.24. The van der Waals surface area contributed by atoms with E-state index in [9.17, 15) is 14.7 Å². The minimum Gasteiger partial charge on any atom is -0.506 e. The number of halogens is 2. The highest BCUT2D eigenvalue weighted by atomic mass is 35.5. The third kappa shape index (κ3) is 5.33. The summed E-state index contributed by atoms with van der Waals surface area (Å²) in [6, 6.07) is 23.4. The molecule has 37 heavy (non-hydrogen) atoms. The summed E-state index contributed by atoms with van der Waals surface area (Å²) in [5, 5.41) is 13.9. The van der Waals surface area contributed by atoms with Gasteiger partial charge in [-0.15, -0.1) is 0 Å². The van der Waals surface area contributed by atoms with E-state index in [0.29, 0.717) is 34.4 Å². The number of carbonyl (C=O) groups is 1. The van der Waals surface area contributed by atoms with Crippen molar-refractivity contribution in [2.75, 3.05) is 6.54 Å². The maximum Gasteiger partial charge on any atom is 0.251 e. The van der Waals surface area contributed by atoms with E-state index < -0.39 is 0 Å². The fourth-order valence-corrected chi connectivity index (χ4v) is 4.73. The summed E-state index contributed by atoms with van der Waals surface area (Å²) in [5.41, 5.74) is 3.96. The van der Waals surface area contributed by atoms with E-state index in [1.165, 1.54) is 17.7 Å². The molecule has 0 atom stereocenters. The van der Waals surface area contributed by atoms with Crippen molar-refractivity contribution in [3.05, 3.63) is 110 Å². The van der Waals surface area contributed by atoms with E-state index in [2.05, 4.69) is 17.4 Å². The number of unbranched alkanes of at least 4 members (excludes halogenated alkanes) is 1. The van der Waals surface area contributed by atoms with Crippen LogP contribution in [0.2, 0.25) is 10.0 Å². The van der Waals surface area contributed by atoms with Gasteiger partial charge in [-0.3, -0.25) is 9.59 Å². The van der Waals surface area contributed by atoms with E-state index in [0.717, 1.165) is 30.4 Å². The number of benzene rings is 4. The molecule has 1 aliphatic heterocycles. The van der Waals surface area contributed by atoms with Crippen molar-refractivity contribution in [1.29, 1.82) is 0 Å². The summed E-state index contributed by atoms with van der Waals surface area (Å²) in [4.78, 5) is 24.8. The van der Waals surface area contributed by atoms with Crippen LogP contribution in [0.15, 0.2) is 88.1 Å². The smallest absolute Gasteiger partial charge is 0.251 e. The average molecular weight is 532 g/mol. The van der Waals surface area contributed by atoms with Gasteiger partial charge in [0.25, 0.3) is 5.91 Å². The molecule has 1 aliphatic carbocycles. The molecule has 0 saturated heterocycles. The number of phenolic OH excluding ortho intramolecular Hbond substituents is 1. The summed E-state index contributed by atoms with van der Waals surface area (Å²) in [7, 11) is 0. The number of fused-ring (bicyclic) bond motifs is 2. The van der Waals surface area contributed by atoms with Gasteiger partial charge in [0.1, 0.15) is 17.1 Å². The topological polar surface area (TPSA) is 79.5 Å². The Morgan fingerprint density at radius 3 is 2.41 bits per heavy atom.